The molecule has 0 spiro atoms. The standard InChI is InChI=1S/C15H14O3/c1-8-6-11-14(9(2)16)12(17)7-10-4-3-5-13(18-8)15(10)11/h3-5,7-8,17H,6H2,1-2H3. The van der Waals surface area contributed by atoms with E-state index in [0.29, 0.717) is 12.0 Å². The van der Waals surface area contributed by atoms with Crippen LogP contribution in [-0.4, -0.2) is 17.0 Å². The van der Waals surface area contributed by atoms with E-state index in [-0.39, 0.29) is 17.6 Å². The molecule has 1 atom stereocenters. The number of phenolic OH excluding ortho intramolecular Hbond substituents is 1. The largest absolute Gasteiger partial charge is 0.507 e. The minimum Gasteiger partial charge on any atom is -0.507 e. The van der Waals surface area contributed by atoms with Gasteiger partial charge in [0.25, 0.3) is 0 Å². The van der Waals surface area contributed by atoms with Crippen LogP contribution in [0.15, 0.2) is 24.3 Å². The number of rotatable bonds is 1. The van der Waals surface area contributed by atoms with Crippen LogP contribution in [0.2, 0.25) is 0 Å². The highest BCUT2D eigenvalue weighted by Crippen LogP contribution is 2.40. The Hall–Kier alpha value is -2.03. The fourth-order valence-corrected chi connectivity index (χ4v) is 2.73. The van der Waals surface area contributed by atoms with Gasteiger partial charge in [0, 0.05) is 11.8 Å². The van der Waals surface area contributed by atoms with Crippen LogP contribution in [-0.2, 0) is 6.42 Å². The third-order valence-corrected chi connectivity index (χ3v) is 3.38. The molecule has 2 aromatic carbocycles. The zero-order valence-electron chi connectivity index (χ0n) is 10.4. The Labute approximate surface area is 105 Å². The lowest BCUT2D eigenvalue weighted by Gasteiger charge is -2.25. The van der Waals surface area contributed by atoms with Gasteiger partial charge in [-0.05, 0) is 36.9 Å². The Balaban J connectivity index is 2.46. The Kier molecular flexibility index (Phi) is 2.30. The first-order chi connectivity index (χ1) is 8.58. The molecule has 3 nitrogen and oxygen atoms in total. The summed E-state index contributed by atoms with van der Waals surface area (Å²) < 4.78 is 5.79. The lowest BCUT2D eigenvalue weighted by atomic mass is 9.90. The van der Waals surface area contributed by atoms with Crippen molar-refractivity contribution < 1.29 is 14.6 Å². The molecule has 0 aliphatic carbocycles. The highest BCUT2D eigenvalue weighted by Gasteiger charge is 2.25. The van der Waals surface area contributed by atoms with Crippen molar-refractivity contribution in [3.05, 3.63) is 35.4 Å². The van der Waals surface area contributed by atoms with Crippen LogP contribution < -0.4 is 4.74 Å². The molecule has 18 heavy (non-hydrogen) atoms. The molecule has 2 aromatic rings. The van der Waals surface area contributed by atoms with E-state index in [1.54, 1.807) is 6.07 Å². The second kappa shape index (κ2) is 3.73. The summed E-state index contributed by atoms with van der Waals surface area (Å²) in [6.45, 7) is 3.45. The SMILES string of the molecule is CC(=O)c1c(O)cc2cccc3c2c1CC(C)O3. The summed E-state index contributed by atoms with van der Waals surface area (Å²) in [5.74, 6) is 0.758. The van der Waals surface area contributed by atoms with Gasteiger partial charge in [0.05, 0.1) is 11.7 Å². The summed E-state index contributed by atoms with van der Waals surface area (Å²) in [5.41, 5.74) is 1.34. The maximum absolute atomic E-state index is 11.7. The number of benzene rings is 2. The molecule has 0 saturated heterocycles. The Morgan fingerprint density at radius 1 is 1.44 bits per heavy atom. The zero-order chi connectivity index (χ0) is 12.9. The van der Waals surface area contributed by atoms with Crippen molar-refractivity contribution in [2.24, 2.45) is 0 Å². The molecule has 1 aliphatic rings. The van der Waals surface area contributed by atoms with Crippen molar-refractivity contribution in [3.63, 3.8) is 0 Å². The first kappa shape index (κ1) is 11.1. The Morgan fingerprint density at radius 2 is 2.22 bits per heavy atom. The van der Waals surface area contributed by atoms with Gasteiger partial charge in [-0.15, -0.1) is 0 Å². The van der Waals surface area contributed by atoms with Crippen LogP contribution in [0.3, 0.4) is 0 Å². The van der Waals surface area contributed by atoms with E-state index in [1.165, 1.54) is 6.92 Å². The summed E-state index contributed by atoms with van der Waals surface area (Å²) in [6.07, 6.45) is 0.666. The fraction of sp³-hybridized carbons (Fsp3) is 0.267. The Morgan fingerprint density at radius 3 is 2.94 bits per heavy atom. The normalized spacial score (nSPS) is 17.6. The first-order valence-corrected chi connectivity index (χ1v) is 6.03. The van der Waals surface area contributed by atoms with Crippen LogP contribution in [0, 0.1) is 0 Å². The number of phenols is 1. The molecule has 1 heterocycles. The summed E-state index contributed by atoms with van der Waals surface area (Å²) in [7, 11) is 0. The number of ketones is 1. The minimum atomic E-state index is -0.103. The predicted octanol–water partition coefficient (Wildman–Crippen LogP) is 3.07. The van der Waals surface area contributed by atoms with Crippen molar-refractivity contribution in [3.8, 4) is 11.5 Å². The molecular weight excluding hydrogens is 228 g/mol. The summed E-state index contributed by atoms with van der Waals surface area (Å²) in [5, 5.41) is 11.9. The lowest BCUT2D eigenvalue weighted by molar-refractivity contribution is 0.101. The number of hydrogen-bond acceptors (Lipinski definition) is 3. The van der Waals surface area contributed by atoms with Gasteiger partial charge in [-0.2, -0.15) is 0 Å². The number of ether oxygens (including phenoxy) is 1. The molecule has 1 N–H and O–H groups in total. The molecule has 1 aliphatic heterocycles. The van der Waals surface area contributed by atoms with E-state index in [0.717, 1.165) is 22.1 Å². The van der Waals surface area contributed by atoms with E-state index < -0.39 is 0 Å². The number of carbonyl (C=O) groups is 1. The molecule has 0 saturated carbocycles. The molecule has 92 valence electrons. The second-order valence-corrected chi connectivity index (χ2v) is 4.79. The second-order valence-electron chi connectivity index (χ2n) is 4.79. The average molecular weight is 242 g/mol. The molecule has 0 bridgehead atoms. The topological polar surface area (TPSA) is 46.5 Å². The van der Waals surface area contributed by atoms with E-state index in [2.05, 4.69) is 0 Å². The van der Waals surface area contributed by atoms with Gasteiger partial charge in [-0.1, -0.05) is 12.1 Å². The number of aromatic hydroxyl groups is 1. The van der Waals surface area contributed by atoms with Gasteiger partial charge in [0.1, 0.15) is 11.5 Å². The summed E-state index contributed by atoms with van der Waals surface area (Å²) >= 11 is 0. The number of hydrogen-bond donors (Lipinski definition) is 1. The molecule has 0 fully saturated rings. The summed E-state index contributed by atoms with van der Waals surface area (Å²) in [4.78, 5) is 11.7. The van der Waals surface area contributed by atoms with E-state index in [9.17, 15) is 9.90 Å². The number of carbonyl (C=O) groups excluding carboxylic acids is 1. The Bertz CT molecular complexity index is 658. The van der Waals surface area contributed by atoms with Crippen molar-refractivity contribution in [2.45, 2.75) is 26.4 Å². The van der Waals surface area contributed by atoms with Gasteiger partial charge >= 0.3 is 0 Å². The van der Waals surface area contributed by atoms with Crippen molar-refractivity contribution in [1.82, 2.24) is 0 Å². The molecule has 3 heteroatoms. The third kappa shape index (κ3) is 1.47. The lowest BCUT2D eigenvalue weighted by Crippen LogP contribution is -2.21. The van der Waals surface area contributed by atoms with Gasteiger partial charge < -0.3 is 9.84 Å². The quantitative estimate of drug-likeness (QED) is 0.782. The van der Waals surface area contributed by atoms with Gasteiger partial charge in [0.2, 0.25) is 0 Å². The molecule has 0 radical (unpaired) electrons. The van der Waals surface area contributed by atoms with Crippen LogP contribution in [0.25, 0.3) is 10.8 Å². The highest BCUT2D eigenvalue weighted by atomic mass is 16.5. The van der Waals surface area contributed by atoms with Gasteiger partial charge in [0.15, 0.2) is 5.78 Å². The average Bonchev–Trinajstić information content (AvgIpc) is 2.27. The maximum Gasteiger partial charge on any atom is 0.163 e. The van der Waals surface area contributed by atoms with E-state index in [1.807, 2.05) is 25.1 Å². The van der Waals surface area contributed by atoms with Crippen LogP contribution in [0.4, 0.5) is 0 Å². The van der Waals surface area contributed by atoms with Crippen molar-refractivity contribution >= 4 is 16.6 Å². The molecule has 0 amide bonds. The smallest absolute Gasteiger partial charge is 0.163 e. The van der Waals surface area contributed by atoms with E-state index in [4.69, 9.17) is 4.74 Å². The van der Waals surface area contributed by atoms with Crippen LogP contribution in [0.1, 0.15) is 29.8 Å². The third-order valence-electron chi connectivity index (χ3n) is 3.38. The summed E-state index contributed by atoms with van der Waals surface area (Å²) in [6, 6.07) is 7.36. The minimum absolute atomic E-state index is 0.0167. The molecule has 1 unspecified atom stereocenters. The predicted molar refractivity (Wildman–Crippen MR) is 69.4 cm³/mol. The molecular formula is C15H14O3. The maximum atomic E-state index is 11.7. The molecule has 3 rings (SSSR count). The van der Waals surface area contributed by atoms with Crippen LogP contribution >= 0.6 is 0 Å². The van der Waals surface area contributed by atoms with Gasteiger partial charge in [-0.25, -0.2) is 0 Å². The molecule has 0 aromatic heterocycles. The van der Waals surface area contributed by atoms with E-state index >= 15 is 0 Å². The zero-order valence-corrected chi connectivity index (χ0v) is 10.4. The van der Waals surface area contributed by atoms with Crippen molar-refractivity contribution in [2.75, 3.05) is 0 Å². The first-order valence-electron chi connectivity index (χ1n) is 6.03. The monoisotopic (exact) mass is 242 g/mol. The fourth-order valence-electron chi connectivity index (χ4n) is 2.73. The van der Waals surface area contributed by atoms with Gasteiger partial charge in [-0.3, -0.25) is 4.79 Å². The van der Waals surface area contributed by atoms with Crippen molar-refractivity contribution in [1.29, 1.82) is 0 Å². The van der Waals surface area contributed by atoms with Crippen LogP contribution in [0.5, 0.6) is 11.5 Å². The highest BCUT2D eigenvalue weighted by molar-refractivity contribution is 6.06. The number of Topliss-reactive ketones (excluding diaryl/α,β-unsaturated/α-hetero) is 1.